The third kappa shape index (κ3) is 4.56. The van der Waals surface area contributed by atoms with Crippen LogP contribution in [0.25, 0.3) is 0 Å². The van der Waals surface area contributed by atoms with Gasteiger partial charge in [0.1, 0.15) is 0 Å². The van der Waals surface area contributed by atoms with Crippen LogP contribution in [0.5, 0.6) is 0 Å². The molecule has 0 spiro atoms. The van der Waals surface area contributed by atoms with Crippen molar-refractivity contribution in [1.82, 2.24) is 0 Å². The van der Waals surface area contributed by atoms with Crippen LogP contribution in [0.1, 0.15) is 52.7 Å². The van der Waals surface area contributed by atoms with Crippen molar-refractivity contribution in [1.29, 1.82) is 0 Å². The van der Waals surface area contributed by atoms with Crippen molar-refractivity contribution in [2.24, 2.45) is 0 Å². The quantitative estimate of drug-likeness (QED) is 0.572. The number of hydrogen-bond acceptors (Lipinski definition) is 2. The van der Waals surface area contributed by atoms with Crippen LogP contribution in [-0.4, -0.2) is 23.9 Å². The van der Waals surface area contributed by atoms with Gasteiger partial charge in [0.05, 0.1) is 0 Å². The molecular weight excluding hydrogens is 316 g/mol. The minimum atomic E-state index is -1.39. The Balaban J connectivity index is 2.27. The van der Waals surface area contributed by atoms with Gasteiger partial charge in [0.15, 0.2) is 23.9 Å². The van der Waals surface area contributed by atoms with Gasteiger partial charge in [-0.25, -0.2) is 0 Å². The molecule has 1 aliphatic rings. The van der Waals surface area contributed by atoms with Gasteiger partial charge < -0.3 is 8.85 Å². The van der Waals surface area contributed by atoms with E-state index in [0.717, 1.165) is 6.42 Å². The fourth-order valence-electron chi connectivity index (χ4n) is 2.52. The van der Waals surface area contributed by atoms with E-state index in [2.05, 4.69) is 85.3 Å². The SMILES string of the molecule is C[SiH](OC1(O[SiH](C)C(C)(C)C)[CH]c2ccccc2C1)C(C)(C)C. The Hall–Kier alpha value is -0.426. The highest BCUT2D eigenvalue weighted by Crippen LogP contribution is 2.42. The summed E-state index contributed by atoms with van der Waals surface area (Å²) in [4.78, 5) is 0. The normalized spacial score (nSPS) is 20.2. The first-order valence-electron chi connectivity index (χ1n) is 8.72. The minimum Gasteiger partial charge on any atom is -0.393 e. The number of benzene rings is 1. The molecule has 2 unspecified atom stereocenters. The molecule has 2 rings (SSSR count). The summed E-state index contributed by atoms with van der Waals surface area (Å²) in [7, 11) is -2.78. The zero-order valence-corrected chi connectivity index (χ0v) is 18.4. The fourth-order valence-corrected chi connectivity index (χ4v) is 4.95. The van der Waals surface area contributed by atoms with Gasteiger partial charge in [-0.2, -0.15) is 0 Å². The van der Waals surface area contributed by atoms with Gasteiger partial charge >= 0.3 is 0 Å². The van der Waals surface area contributed by atoms with E-state index < -0.39 is 23.9 Å². The summed E-state index contributed by atoms with van der Waals surface area (Å²) in [6.07, 6.45) is 3.09. The maximum absolute atomic E-state index is 6.71. The molecule has 1 aromatic carbocycles. The van der Waals surface area contributed by atoms with Crippen molar-refractivity contribution in [3.05, 3.63) is 41.8 Å². The van der Waals surface area contributed by atoms with E-state index >= 15 is 0 Å². The second kappa shape index (κ2) is 6.47. The lowest BCUT2D eigenvalue weighted by atomic mass is 10.1. The van der Waals surface area contributed by atoms with E-state index in [-0.39, 0.29) is 10.1 Å². The highest BCUT2D eigenvalue weighted by molar-refractivity contribution is 6.55. The Kier molecular flexibility index (Phi) is 5.32. The van der Waals surface area contributed by atoms with Gasteiger partial charge in [-0.15, -0.1) is 0 Å². The van der Waals surface area contributed by atoms with E-state index in [1.54, 1.807) is 0 Å². The van der Waals surface area contributed by atoms with E-state index in [1.807, 2.05) is 0 Å². The smallest absolute Gasteiger partial charge is 0.183 e. The van der Waals surface area contributed by atoms with Crippen molar-refractivity contribution in [3.63, 3.8) is 0 Å². The topological polar surface area (TPSA) is 18.5 Å². The molecule has 0 amide bonds. The highest BCUT2D eigenvalue weighted by Gasteiger charge is 2.45. The molecule has 4 heteroatoms. The summed E-state index contributed by atoms with van der Waals surface area (Å²) in [6.45, 7) is 18.3. The summed E-state index contributed by atoms with van der Waals surface area (Å²) < 4.78 is 13.4. The third-order valence-corrected chi connectivity index (χ3v) is 11.4. The molecular formula is C19H33O2Si2. The van der Waals surface area contributed by atoms with Crippen molar-refractivity contribution in [2.75, 3.05) is 0 Å². The average Bonchev–Trinajstić information content (AvgIpc) is 2.73. The summed E-state index contributed by atoms with van der Waals surface area (Å²) in [6, 6.07) is 8.59. The van der Waals surface area contributed by atoms with Crippen LogP contribution in [0.15, 0.2) is 24.3 Å². The summed E-state index contributed by atoms with van der Waals surface area (Å²) in [5.41, 5.74) is 2.62. The lowest BCUT2D eigenvalue weighted by Crippen LogP contribution is -2.48. The first-order valence-corrected chi connectivity index (χ1v) is 13.1. The van der Waals surface area contributed by atoms with Crippen LogP contribution in [0, 0.1) is 6.42 Å². The third-order valence-electron chi connectivity index (χ3n) is 5.06. The molecule has 0 bridgehead atoms. The van der Waals surface area contributed by atoms with E-state index in [0.29, 0.717) is 0 Å². The lowest BCUT2D eigenvalue weighted by molar-refractivity contribution is -0.0865. The molecule has 1 aliphatic carbocycles. The van der Waals surface area contributed by atoms with Crippen molar-refractivity contribution < 1.29 is 8.85 Å². The maximum Gasteiger partial charge on any atom is 0.183 e. The van der Waals surface area contributed by atoms with Gasteiger partial charge in [-0.05, 0) is 34.3 Å². The van der Waals surface area contributed by atoms with E-state index in [1.165, 1.54) is 11.1 Å². The van der Waals surface area contributed by atoms with Crippen LogP contribution in [0.3, 0.4) is 0 Å². The van der Waals surface area contributed by atoms with Crippen molar-refractivity contribution in [3.8, 4) is 0 Å². The highest BCUT2D eigenvalue weighted by atomic mass is 28.3. The first-order chi connectivity index (χ1) is 10.4. The molecule has 2 nitrogen and oxygen atoms in total. The van der Waals surface area contributed by atoms with Crippen molar-refractivity contribution >= 4 is 18.1 Å². The number of hydrogen-bond donors (Lipinski definition) is 0. The Morgan fingerprint density at radius 2 is 1.35 bits per heavy atom. The second-order valence-corrected chi connectivity index (χ2v) is 15.6. The molecule has 129 valence electrons. The molecule has 23 heavy (non-hydrogen) atoms. The van der Waals surface area contributed by atoms with Gasteiger partial charge in [0.25, 0.3) is 0 Å². The Morgan fingerprint density at radius 3 is 1.78 bits per heavy atom. The lowest BCUT2D eigenvalue weighted by Gasteiger charge is -2.41. The zero-order valence-electron chi connectivity index (χ0n) is 16.1. The summed E-state index contributed by atoms with van der Waals surface area (Å²) >= 11 is 0. The largest absolute Gasteiger partial charge is 0.393 e. The Bertz CT molecular complexity index is 494. The molecule has 2 atom stereocenters. The predicted octanol–water partition coefficient (Wildman–Crippen LogP) is 4.83. The predicted molar refractivity (Wildman–Crippen MR) is 104 cm³/mol. The molecule has 0 saturated carbocycles. The van der Waals surface area contributed by atoms with E-state index in [4.69, 9.17) is 8.85 Å². The average molecular weight is 350 g/mol. The summed E-state index contributed by atoms with van der Waals surface area (Å²) in [5.74, 6) is -0.540. The number of fused-ring (bicyclic) bond motifs is 1. The van der Waals surface area contributed by atoms with Crippen molar-refractivity contribution in [2.45, 2.75) is 76.9 Å². The van der Waals surface area contributed by atoms with Gasteiger partial charge in [0, 0.05) is 12.8 Å². The fraction of sp³-hybridized carbons (Fsp3) is 0.632. The molecule has 1 aromatic rings. The molecule has 0 saturated heterocycles. The zero-order chi connectivity index (χ0) is 17.5. The monoisotopic (exact) mass is 349 g/mol. The van der Waals surface area contributed by atoms with Crippen LogP contribution in [-0.2, 0) is 15.3 Å². The maximum atomic E-state index is 6.71. The van der Waals surface area contributed by atoms with Gasteiger partial charge in [-0.3, -0.25) is 0 Å². The molecule has 0 heterocycles. The van der Waals surface area contributed by atoms with Crippen LogP contribution in [0.2, 0.25) is 23.2 Å². The van der Waals surface area contributed by atoms with Crippen LogP contribution in [0.4, 0.5) is 0 Å². The minimum absolute atomic E-state index is 0.228. The van der Waals surface area contributed by atoms with Crippen LogP contribution < -0.4 is 0 Å². The molecule has 0 N–H and O–H groups in total. The molecule has 0 aromatic heterocycles. The Morgan fingerprint density at radius 1 is 0.870 bits per heavy atom. The molecule has 1 radical (unpaired) electrons. The first kappa shape index (κ1) is 18.9. The van der Waals surface area contributed by atoms with Gasteiger partial charge in [0.2, 0.25) is 0 Å². The van der Waals surface area contributed by atoms with Crippen LogP contribution >= 0.6 is 0 Å². The standard InChI is InChI=1S/C19H33O2Si2/c1-17(2,3)22(7)20-19(21-23(8)18(4,5)6)13-15-11-9-10-12-16(15)14-19/h9-13,22-23H,14H2,1-8H3. The van der Waals surface area contributed by atoms with Gasteiger partial charge in [-0.1, -0.05) is 65.8 Å². The Labute approximate surface area is 146 Å². The van der Waals surface area contributed by atoms with E-state index in [9.17, 15) is 0 Å². The molecule has 0 aliphatic heterocycles. The molecule has 0 fully saturated rings. The second-order valence-electron chi connectivity index (χ2n) is 9.08. The number of rotatable bonds is 4. The summed E-state index contributed by atoms with van der Waals surface area (Å²) in [5, 5.41) is 0.455.